The molecule has 0 aliphatic carbocycles. The quantitative estimate of drug-likeness (QED) is 0.644. The topological polar surface area (TPSA) is 68.9 Å². The van der Waals surface area contributed by atoms with Crippen LogP contribution in [0.25, 0.3) is 22.2 Å². The Bertz CT molecular complexity index is 737. The van der Waals surface area contributed by atoms with Gasteiger partial charge in [-0.3, -0.25) is 0 Å². The second-order valence-electron chi connectivity index (χ2n) is 4.34. The number of nitrogens with one attached hydrogen (secondary N) is 2. The van der Waals surface area contributed by atoms with E-state index in [9.17, 15) is 4.79 Å². The molecule has 18 heavy (non-hydrogen) atoms. The zero-order valence-corrected chi connectivity index (χ0v) is 9.82. The second-order valence-corrected chi connectivity index (χ2v) is 4.34. The average molecular weight is 240 g/mol. The van der Waals surface area contributed by atoms with Crippen LogP contribution in [0.5, 0.6) is 0 Å². The van der Waals surface area contributed by atoms with Gasteiger partial charge in [0, 0.05) is 28.4 Å². The molecule has 3 N–H and O–H groups in total. The lowest BCUT2D eigenvalue weighted by Crippen LogP contribution is -1.95. The van der Waals surface area contributed by atoms with E-state index in [-0.39, 0.29) is 5.69 Å². The number of rotatable bonds is 2. The van der Waals surface area contributed by atoms with E-state index < -0.39 is 5.97 Å². The Morgan fingerprint density at radius 3 is 2.78 bits per heavy atom. The predicted octanol–water partition coefficient (Wildman–Crippen LogP) is 3.17. The molecule has 2 heterocycles. The maximum absolute atomic E-state index is 10.9. The predicted molar refractivity (Wildman–Crippen MR) is 69.8 cm³/mol. The molecule has 0 atom stereocenters. The van der Waals surface area contributed by atoms with Crippen LogP contribution in [0.4, 0.5) is 0 Å². The highest BCUT2D eigenvalue weighted by molar-refractivity contribution is 5.96. The van der Waals surface area contributed by atoms with E-state index >= 15 is 0 Å². The Morgan fingerprint density at radius 2 is 2.06 bits per heavy atom. The molecule has 3 aromatic rings. The third kappa shape index (κ3) is 1.59. The van der Waals surface area contributed by atoms with Crippen molar-refractivity contribution in [3.8, 4) is 11.3 Å². The summed E-state index contributed by atoms with van der Waals surface area (Å²) in [5.74, 6) is -0.947. The first-order chi connectivity index (χ1) is 8.65. The lowest BCUT2D eigenvalue weighted by Gasteiger charge is -1.97. The fraction of sp³-hybridized carbons (Fsp3) is 0.0714. The third-order valence-electron chi connectivity index (χ3n) is 3.04. The standard InChI is InChI=1S/C14H12N2O2/c1-8-2-3-9-10(7-15-13(9)6-8)11-4-5-12(16-11)14(17)18/h2-7,15-16H,1H3,(H,17,18). The number of aryl methyl sites for hydroxylation is 1. The van der Waals surface area contributed by atoms with Crippen molar-refractivity contribution in [2.24, 2.45) is 0 Å². The molecule has 0 fully saturated rings. The Morgan fingerprint density at radius 1 is 1.22 bits per heavy atom. The van der Waals surface area contributed by atoms with E-state index in [1.807, 2.05) is 25.3 Å². The van der Waals surface area contributed by atoms with E-state index in [1.54, 1.807) is 12.1 Å². The van der Waals surface area contributed by atoms with Gasteiger partial charge in [-0.25, -0.2) is 4.79 Å². The number of hydrogen-bond donors (Lipinski definition) is 3. The van der Waals surface area contributed by atoms with Gasteiger partial charge in [0.2, 0.25) is 0 Å². The molecule has 4 nitrogen and oxygen atoms in total. The van der Waals surface area contributed by atoms with Gasteiger partial charge >= 0.3 is 5.97 Å². The normalized spacial score (nSPS) is 10.9. The maximum atomic E-state index is 10.9. The number of fused-ring (bicyclic) bond motifs is 1. The molecule has 0 saturated heterocycles. The number of carbonyl (C=O) groups is 1. The largest absolute Gasteiger partial charge is 0.477 e. The molecule has 0 amide bonds. The Kier molecular flexibility index (Phi) is 2.23. The number of carboxylic acids is 1. The van der Waals surface area contributed by atoms with Crippen molar-refractivity contribution in [1.82, 2.24) is 9.97 Å². The van der Waals surface area contributed by atoms with Gasteiger partial charge in [-0.15, -0.1) is 0 Å². The van der Waals surface area contributed by atoms with E-state index in [4.69, 9.17) is 5.11 Å². The van der Waals surface area contributed by atoms with E-state index in [1.165, 1.54) is 5.56 Å². The van der Waals surface area contributed by atoms with Gasteiger partial charge in [0.15, 0.2) is 0 Å². The summed E-state index contributed by atoms with van der Waals surface area (Å²) in [6, 6.07) is 9.51. The van der Waals surface area contributed by atoms with E-state index in [0.29, 0.717) is 0 Å². The van der Waals surface area contributed by atoms with Crippen molar-refractivity contribution < 1.29 is 9.90 Å². The number of aromatic carboxylic acids is 1. The van der Waals surface area contributed by atoms with Gasteiger partial charge in [-0.1, -0.05) is 12.1 Å². The van der Waals surface area contributed by atoms with Crippen LogP contribution in [0.15, 0.2) is 36.5 Å². The third-order valence-corrected chi connectivity index (χ3v) is 3.04. The molecule has 0 aliphatic heterocycles. The molecule has 0 saturated carbocycles. The van der Waals surface area contributed by atoms with Crippen molar-refractivity contribution in [2.75, 3.05) is 0 Å². The monoisotopic (exact) mass is 240 g/mol. The molecule has 1 aromatic carbocycles. The van der Waals surface area contributed by atoms with Crippen LogP contribution in [-0.2, 0) is 0 Å². The first-order valence-electron chi connectivity index (χ1n) is 5.65. The van der Waals surface area contributed by atoms with Gasteiger partial charge in [0.1, 0.15) is 5.69 Å². The van der Waals surface area contributed by atoms with Crippen LogP contribution in [-0.4, -0.2) is 21.0 Å². The van der Waals surface area contributed by atoms with Gasteiger partial charge < -0.3 is 15.1 Å². The minimum atomic E-state index is -0.947. The molecule has 0 unspecified atom stereocenters. The number of aromatic nitrogens is 2. The Balaban J connectivity index is 2.16. The summed E-state index contributed by atoms with van der Waals surface area (Å²) >= 11 is 0. The number of aromatic amines is 2. The van der Waals surface area contributed by atoms with Gasteiger partial charge in [-0.2, -0.15) is 0 Å². The smallest absolute Gasteiger partial charge is 0.352 e. The maximum Gasteiger partial charge on any atom is 0.352 e. The van der Waals surface area contributed by atoms with Crippen LogP contribution in [0.1, 0.15) is 16.1 Å². The molecule has 0 spiro atoms. The zero-order valence-electron chi connectivity index (χ0n) is 9.82. The Hall–Kier alpha value is -2.49. The highest BCUT2D eigenvalue weighted by Crippen LogP contribution is 2.28. The molecular weight excluding hydrogens is 228 g/mol. The molecule has 0 bridgehead atoms. The molecule has 0 radical (unpaired) electrons. The molecule has 90 valence electrons. The van der Waals surface area contributed by atoms with Gasteiger partial charge in [-0.05, 0) is 30.7 Å². The van der Waals surface area contributed by atoms with Crippen LogP contribution in [0, 0.1) is 6.92 Å². The first-order valence-corrected chi connectivity index (χ1v) is 5.65. The summed E-state index contributed by atoms with van der Waals surface area (Å²) in [7, 11) is 0. The highest BCUT2D eigenvalue weighted by atomic mass is 16.4. The van der Waals surface area contributed by atoms with E-state index in [0.717, 1.165) is 22.2 Å². The van der Waals surface area contributed by atoms with Gasteiger partial charge in [0.25, 0.3) is 0 Å². The first kappa shape index (κ1) is 10.7. The fourth-order valence-corrected chi connectivity index (χ4v) is 2.14. The summed E-state index contributed by atoms with van der Waals surface area (Å²) < 4.78 is 0. The SMILES string of the molecule is Cc1ccc2c(-c3ccc(C(=O)O)[nH]3)c[nH]c2c1. The molecule has 0 aliphatic rings. The summed E-state index contributed by atoms with van der Waals surface area (Å²) in [4.78, 5) is 17.0. The molecular formula is C14H12N2O2. The van der Waals surface area contributed by atoms with Crippen molar-refractivity contribution in [2.45, 2.75) is 6.92 Å². The summed E-state index contributed by atoms with van der Waals surface area (Å²) in [6.45, 7) is 2.04. The van der Waals surface area contributed by atoms with Crippen LogP contribution >= 0.6 is 0 Å². The molecule has 4 heteroatoms. The lowest BCUT2D eigenvalue weighted by atomic mass is 10.1. The number of H-pyrrole nitrogens is 2. The van der Waals surface area contributed by atoms with Crippen molar-refractivity contribution in [1.29, 1.82) is 0 Å². The summed E-state index contributed by atoms with van der Waals surface area (Å²) in [5.41, 5.74) is 4.23. The minimum Gasteiger partial charge on any atom is -0.477 e. The molecule has 2 aromatic heterocycles. The summed E-state index contributed by atoms with van der Waals surface area (Å²) in [5, 5.41) is 9.99. The number of benzene rings is 1. The van der Waals surface area contributed by atoms with E-state index in [2.05, 4.69) is 16.0 Å². The van der Waals surface area contributed by atoms with Crippen LogP contribution in [0.3, 0.4) is 0 Å². The number of hydrogen-bond acceptors (Lipinski definition) is 1. The summed E-state index contributed by atoms with van der Waals surface area (Å²) in [6.07, 6.45) is 1.89. The van der Waals surface area contributed by atoms with Crippen molar-refractivity contribution in [3.63, 3.8) is 0 Å². The van der Waals surface area contributed by atoms with Crippen LogP contribution in [0.2, 0.25) is 0 Å². The Labute approximate surface area is 103 Å². The fourth-order valence-electron chi connectivity index (χ4n) is 2.14. The number of carboxylic acid groups (broad SMARTS) is 1. The van der Waals surface area contributed by atoms with Gasteiger partial charge in [0.05, 0.1) is 0 Å². The lowest BCUT2D eigenvalue weighted by molar-refractivity contribution is 0.0691. The minimum absolute atomic E-state index is 0.200. The van der Waals surface area contributed by atoms with Crippen molar-refractivity contribution in [3.05, 3.63) is 47.8 Å². The second kappa shape index (κ2) is 3.77. The zero-order chi connectivity index (χ0) is 12.7. The van der Waals surface area contributed by atoms with Crippen molar-refractivity contribution >= 4 is 16.9 Å². The molecule has 3 rings (SSSR count). The average Bonchev–Trinajstić information content (AvgIpc) is 2.92. The van der Waals surface area contributed by atoms with Crippen LogP contribution < -0.4 is 0 Å². The highest BCUT2D eigenvalue weighted by Gasteiger charge is 2.10.